The molecule has 128 valence electrons. The van der Waals surface area contributed by atoms with E-state index in [-0.39, 0.29) is 32.0 Å². The molecule has 0 bridgehead atoms. The lowest BCUT2D eigenvalue weighted by molar-refractivity contribution is 0.413. The molecule has 9 heteroatoms. The van der Waals surface area contributed by atoms with Gasteiger partial charge in [-0.1, -0.05) is 23.2 Å². The Morgan fingerprint density at radius 3 is 2.67 bits per heavy atom. The minimum Gasteiger partial charge on any atom is -0.505 e. The number of aliphatic hydroxyl groups excluding tert-OH is 1. The van der Waals surface area contributed by atoms with Crippen LogP contribution in [0, 0.1) is 0 Å². The van der Waals surface area contributed by atoms with Crippen LogP contribution in [-0.2, 0) is 14.6 Å². The van der Waals surface area contributed by atoms with E-state index in [4.69, 9.17) is 29.3 Å². The first-order valence-corrected chi connectivity index (χ1v) is 9.79. The Morgan fingerprint density at radius 1 is 1.33 bits per heavy atom. The molecule has 5 nitrogen and oxygen atoms in total. The average molecular weight is 407 g/mol. The second-order valence-electron chi connectivity index (χ2n) is 5.60. The number of ether oxygens (including phenoxy) is 1. The molecule has 0 atom stereocenters. The van der Waals surface area contributed by atoms with Crippen LogP contribution in [0.3, 0.4) is 0 Å². The van der Waals surface area contributed by atoms with Crippen molar-refractivity contribution in [3.63, 3.8) is 0 Å². The summed E-state index contributed by atoms with van der Waals surface area (Å²) in [6.45, 7) is 3.02. The number of hydrogen-bond acceptors (Lipinski definition) is 6. The SMILES string of the molecule is [2H]COc1c(Cl)ccc(Cl)c1C1=C(O)c2scnc2C(C)(C)S1(=O)=O. The van der Waals surface area contributed by atoms with Crippen molar-refractivity contribution >= 4 is 55.0 Å². The van der Waals surface area contributed by atoms with Gasteiger partial charge in [0.15, 0.2) is 15.6 Å². The highest BCUT2D eigenvalue weighted by Crippen LogP contribution is 2.52. The van der Waals surface area contributed by atoms with E-state index in [1.807, 2.05) is 0 Å². The maximum atomic E-state index is 13.3. The van der Waals surface area contributed by atoms with Gasteiger partial charge in [0.25, 0.3) is 0 Å². The fourth-order valence-electron chi connectivity index (χ4n) is 2.59. The summed E-state index contributed by atoms with van der Waals surface area (Å²) in [4.78, 5) is 4.09. The van der Waals surface area contributed by atoms with Crippen molar-refractivity contribution < 1.29 is 19.6 Å². The molecule has 0 spiro atoms. The molecule has 1 aliphatic heterocycles. The first kappa shape index (κ1) is 16.2. The topological polar surface area (TPSA) is 76.5 Å². The molecule has 0 saturated carbocycles. The molecule has 2 aromatic rings. The molecule has 2 heterocycles. The van der Waals surface area contributed by atoms with Gasteiger partial charge in [0.2, 0.25) is 0 Å². The molecule has 0 unspecified atom stereocenters. The van der Waals surface area contributed by atoms with Gasteiger partial charge in [-0.25, -0.2) is 13.4 Å². The highest BCUT2D eigenvalue weighted by molar-refractivity contribution is 8.01. The first-order valence-electron chi connectivity index (χ1n) is 7.38. The fourth-order valence-corrected chi connectivity index (χ4v) is 5.88. The number of benzene rings is 1. The minimum absolute atomic E-state index is 0.0433. The standard InChI is InChI=1S/C15H13Cl2NO4S2/c1-15(2)14-12(23-6-18-14)10(19)13(24(15,20)21)9-7(16)4-5-8(17)11(9)22-3/h4-6,19H,1-3H3/i3D. The van der Waals surface area contributed by atoms with Gasteiger partial charge in [-0.2, -0.15) is 0 Å². The number of nitrogens with zero attached hydrogens (tertiary/aromatic N) is 1. The average Bonchev–Trinajstić information content (AvgIpc) is 3.03. The number of methoxy groups -OCH3 is 1. The highest BCUT2D eigenvalue weighted by Gasteiger charge is 2.50. The maximum absolute atomic E-state index is 13.3. The summed E-state index contributed by atoms with van der Waals surface area (Å²) in [5, 5.41) is 10.8. The van der Waals surface area contributed by atoms with Crippen LogP contribution in [0.1, 0.15) is 31.4 Å². The lowest BCUT2D eigenvalue weighted by Gasteiger charge is -2.31. The number of fused-ring (bicyclic) bond motifs is 1. The van der Waals surface area contributed by atoms with Crippen LogP contribution in [0.15, 0.2) is 17.6 Å². The van der Waals surface area contributed by atoms with Gasteiger partial charge in [0, 0.05) is 0 Å². The zero-order valence-corrected chi connectivity index (χ0v) is 15.8. The summed E-state index contributed by atoms with van der Waals surface area (Å²) in [7, 11) is -4.57. The monoisotopic (exact) mass is 406 g/mol. The lowest BCUT2D eigenvalue weighted by atomic mass is 10.1. The highest BCUT2D eigenvalue weighted by atomic mass is 35.5. The van der Waals surface area contributed by atoms with Crippen LogP contribution in [-0.4, -0.2) is 25.6 Å². The van der Waals surface area contributed by atoms with Crippen molar-refractivity contribution in [2.24, 2.45) is 0 Å². The van der Waals surface area contributed by atoms with Gasteiger partial charge in [0.1, 0.15) is 15.4 Å². The molecular formula is C15H13Cl2NO4S2. The molecule has 1 N–H and O–H groups in total. The third kappa shape index (κ3) is 2.19. The zero-order chi connectivity index (χ0) is 18.6. The molecule has 0 radical (unpaired) electrons. The summed E-state index contributed by atoms with van der Waals surface area (Å²) in [6, 6.07) is 2.86. The zero-order valence-electron chi connectivity index (χ0n) is 13.6. The number of sulfone groups is 1. The van der Waals surface area contributed by atoms with Crippen molar-refractivity contribution in [3.05, 3.63) is 43.8 Å². The molecule has 3 rings (SSSR count). The van der Waals surface area contributed by atoms with Crippen LogP contribution >= 0.6 is 34.5 Å². The van der Waals surface area contributed by atoms with Crippen LogP contribution in [0.25, 0.3) is 10.7 Å². The predicted octanol–water partition coefficient (Wildman–Crippen LogP) is 4.51. The van der Waals surface area contributed by atoms with Gasteiger partial charge in [0.05, 0.1) is 40.1 Å². The number of halogens is 2. The number of aliphatic hydroxyl groups is 1. The predicted molar refractivity (Wildman–Crippen MR) is 96.5 cm³/mol. The van der Waals surface area contributed by atoms with E-state index in [1.54, 1.807) is 0 Å². The van der Waals surface area contributed by atoms with Gasteiger partial charge in [-0.3, -0.25) is 0 Å². The third-order valence-corrected chi connectivity index (χ3v) is 7.86. The Hall–Kier alpha value is -1.28. The van der Waals surface area contributed by atoms with Gasteiger partial charge in [-0.05, 0) is 26.0 Å². The van der Waals surface area contributed by atoms with Crippen LogP contribution in [0.4, 0.5) is 0 Å². The summed E-state index contributed by atoms with van der Waals surface area (Å²) in [5.41, 5.74) is 1.70. The molecule has 0 fully saturated rings. The minimum atomic E-state index is -4.08. The molecule has 1 aliphatic rings. The summed E-state index contributed by atoms with van der Waals surface area (Å²) >= 11 is 13.5. The van der Waals surface area contributed by atoms with E-state index in [2.05, 4.69) is 4.98 Å². The quantitative estimate of drug-likeness (QED) is 0.793. The van der Waals surface area contributed by atoms with E-state index in [9.17, 15) is 13.5 Å². The van der Waals surface area contributed by atoms with E-state index in [0.717, 1.165) is 11.3 Å². The smallest absolute Gasteiger partial charge is 0.193 e. The van der Waals surface area contributed by atoms with Gasteiger partial charge >= 0.3 is 0 Å². The maximum Gasteiger partial charge on any atom is 0.193 e. The van der Waals surface area contributed by atoms with Gasteiger partial charge < -0.3 is 9.84 Å². The van der Waals surface area contributed by atoms with Crippen LogP contribution in [0.5, 0.6) is 5.75 Å². The molecular weight excluding hydrogens is 393 g/mol. The number of hydrogen-bond donors (Lipinski definition) is 1. The normalized spacial score (nSPS) is 18.9. The van der Waals surface area contributed by atoms with E-state index in [1.165, 1.54) is 31.5 Å². The number of aromatic nitrogens is 1. The van der Waals surface area contributed by atoms with Crippen molar-refractivity contribution in [1.29, 1.82) is 0 Å². The Bertz CT molecular complexity index is 999. The molecule has 0 amide bonds. The Kier molecular flexibility index (Phi) is 3.80. The van der Waals surface area contributed by atoms with Crippen LogP contribution < -0.4 is 4.74 Å². The number of rotatable bonds is 2. The lowest BCUT2D eigenvalue weighted by Crippen LogP contribution is -2.34. The number of thiazole rings is 1. The summed E-state index contributed by atoms with van der Waals surface area (Å²) in [5.74, 6) is -0.506. The Balaban J connectivity index is 2.46. The Labute approximate surface area is 154 Å². The van der Waals surface area contributed by atoms with Crippen molar-refractivity contribution in [3.8, 4) is 5.75 Å². The summed E-state index contributed by atoms with van der Waals surface area (Å²) < 4.78 is 37.6. The molecule has 0 aliphatic carbocycles. The van der Waals surface area contributed by atoms with E-state index in [0.29, 0.717) is 4.88 Å². The summed E-state index contributed by atoms with van der Waals surface area (Å²) in [6.07, 6.45) is 0. The van der Waals surface area contributed by atoms with E-state index < -0.39 is 27.4 Å². The van der Waals surface area contributed by atoms with Gasteiger partial charge in [-0.15, -0.1) is 11.3 Å². The second kappa shape index (κ2) is 5.62. The first-order chi connectivity index (χ1) is 11.6. The van der Waals surface area contributed by atoms with Crippen molar-refractivity contribution in [2.75, 3.05) is 7.09 Å². The van der Waals surface area contributed by atoms with Crippen LogP contribution in [0.2, 0.25) is 10.0 Å². The Morgan fingerprint density at radius 2 is 2.00 bits per heavy atom. The largest absolute Gasteiger partial charge is 0.505 e. The second-order valence-corrected chi connectivity index (χ2v) is 9.70. The van der Waals surface area contributed by atoms with E-state index >= 15 is 0 Å². The molecule has 1 aromatic heterocycles. The molecule has 1 aromatic carbocycles. The van der Waals surface area contributed by atoms with Crippen molar-refractivity contribution in [1.82, 2.24) is 4.98 Å². The molecule has 24 heavy (non-hydrogen) atoms. The fraction of sp³-hybridized carbons (Fsp3) is 0.267. The van der Waals surface area contributed by atoms with Crippen molar-refractivity contribution in [2.45, 2.75) is 18.6 Å². The third-order valence-electron chi connectivity index (χ3n) is 3.94. The molecule has 0 saturated heterocycles.